The number of aromatic nitrogens is 2. The van der Waals surface area contributed by atoms with Gasteiger partial charge in [-0.3, -0.25) is 0 Å². The van der Waals surface area contributed by atoms with E-state index in [1.807, 2.05) is 0 Å². The summed E-state index contributed by atoms with van der Waals surface area (Å²) in [5, 5.41) is 8.51. The van der Waals surface area contributed by atoms with Gasteiger partial charge in [0.1, 0.15) is 0 Å². The lowest BCUT2D eigenvalue weighted by atomic mass is 10.3. The first-order chi connectivity index (χ1) is 7.38. The van der Waals surface area contributed by atoms with Crippen molar-refractivity contribution in [1.29, 1.82) is 0 Å². The molecule has 0 aliphatic carbocycles. The fourth-order valence-electron chi connectivity index (χ4n) is 1.07. The molecule has 0 radical (unpaired) electrons. The highest BCUT2D eigenvalue weighted by Gasteiger charge is 2.32. The number of carboxylic acid groups (broad SMARTS) is 1. The zero-order valence-corrected chi connectivity index (χ0v) is 7.45. The van der Waals surface area contributed by atoms with Gasteiger partial charge in [0.25, 0.3) is 0 Å². The normalized spacial score (nSPS) is 11.9. The molecule has 0 saturated heterocycles. The van der Waals surface area contributed by atoms with Gasteiger partial charge in [0, 0.05) is 6.20 Å². The number of hydrogen-bond acceptors (Lipinski definition) is 4. The molecular weight excluding hydrogens is 229 g/mol. The molecule has 0 amide bonds. The molecule has 2 aromatic heterocycles. The highest BCUT2D eigenvalue weighted by molar-refractivity contribution is 5.85. The Labute approximate surface area is 85.5 Å². The number of carbonyl (C=O) groups is 1. The van der Waals surface area contributed by atoms with Crippen LogP contribution in [0.2, 0.25) is 0 Å². The second-order valence-electron chi connectivity index (χ2n) is 2.87. The number of oxazole rings is 1. The fraction of sp³-hybridized carbons (Fsp3) is 0.125. The molecule has 0 spiro atoms. The number of pyridine rings is 1. The standard InChI is InChI=1S/C8H3F3N2O3/c9-8(10,11)3-1-4-5(12-2-3)13-6(16-4)7(14)15/h1-2H,(H,14,15). The van der Waals surface area contributed by atoms with Gasteiger partial charge in [-0.2, -0.15) is 18.2 Å². The van der Waals surface area contributed by atoms with E-state index in [4.69, 9.17) is 5.11 Å². The van der Waals surface area contributed by atoms with Gasteiger partial charge in [-0.1, -0.05) is 0 Å². The van der Waals surface area contributed by atoms with Crippen LogP contribution in [-0.2, 0) is 6.18 Å². The number of nitrogens with zero attached hydrogens (tertiary/aromatic N) is 2. The molecular formula is C8H3F3N2O3. The number of hydrogen-bond donors (Lipinski definition) is 1. The van der Waals surface area contributed by atoms with E-state index < -0.39 is 23.6 Å². The maximum atomic E-state index is 12.3. The largest absolute Gasteiger partial charge is 0.474 e. The summed E-state index contributed by atoms with van der Waals surface area (Å²) in [5.41, 5.74) is -1.51. The van der Waals surface area contributed by atoms with E-state index in [-0.39, 0.29) is 11.2 Å². The van der Waals surface area contributed by atoms with E-state index in [0.29, 0.717) is 12.3 Å². The van der Waals surface area contributed by atoms with Crippen LogP contribution in [0, 0.1) is 0 Å². The molecule has 2 rings (SSSR count). The molecule has 2 aromatic rings. The Hall–Kier alpha value is -2.12. The van der Waals surface area contributed by atoms with Crippen LogP contribution in [0.5, 0.6) is 0 Å². The van der Waals surface area contributed by atoms with Gasteiger partial charge >= 0.3 is 18.0 Å². The highest BCUT2D eigenvalue weighted by Crippen LogP contribution is 2.30. The number of halogens is 3. The first-order valence-corrected chi connectivity index (χ1v) is 3.95. The van der Waals surface area contributed by atoms with Gasteiger partial charge < -0.3 is 9.52 Å². The van der Waals surface area contributed by atoms with Gasteiger partial charge in [0.05, 0.1) is 5.56 Å². The Kier molecular flexibility index (Phi) is 2.07. The van der Waals surface area contributed by atoms with Crippen LogP contribution in [0.15, 0.2) is 16.7 Å². The average molecular weight is 232 g/mol. The van der Waals surface area contributed by atoms with E-state index >= 15 is 0 Å². The molecule has 2 heterocycles. The van der Waals surface area contributed by atoms with Crippen molar-refractivity contribution in [3.05, 3.63) is 23.7 Å². The third kappa shape index (κ3) is 1.69. The number of alkyl halides is 3. The molecule has 0 aromatic carbocycles. The van der Waals surface area contributed by atoms with E-state index in [0.717, 1.165) is 0 Å². The smallest absolute Gasteiger partial charge is 0.418 e. The Morgan fingerprint density at radius 2 is 2.12 bits per heavy atom. The summed E-state index contributed by atoms with van der Waals surface area (Å²) >= 11 is 0. The minimum atomic E-state index is -4.56. The van der Waals surface area contributed by atoms with Crippen molar-refractivity contribution in [3.63, 3.8) is 0 Å². The zero-order valence-electron chi connectivity index (χ0n) is 7.45. The van der Waals surface area contributed by atoms with E-state index in [1.165, 1.54) is 0 Å². The summed E-state index contributed by atoms with van der Waals surface area (Å²) in [5.74, 6) is -2.16. The molecule has 1 N–H and O–H groups in total. The van der Waals surface area contributed by atoms with E-state index in [9.17, 15) is 18.0 Å². The van der Waals surface area contributed by atoms with E-state index in [1.54, 1.807) is 0 Å². The maximum Gasteiger partial charge on any atom is 0.418 e. The lowest BCUT2D eigenvalue weighted by molar-refractivity contribution is -0.137. The Morgan fingerprint density at radius 1 is 1.44 bits per heavy atom. The maximum absolute atomic E-state index is 12.3. The molecule has 5 nitrogen and oxygen atoms in total. The minimum Gasteiger partial charge on any atom is -0.474 e. The molecule has 0 saturated carbocycles. The van der Waals surface area contributed by atoms with Crippen LogP contribution in [0.1, 0.15) is 16.2 Å². The van der Waals surface area contributed by atoms with E-state index in [2.05, 4.69) is 14.4 Å². The summed E-state index contributed by atoms with van der Waals surface area (Å²) in [6.45, 7) is 0. The van der Waals surface area contributed by atoms with Crippen LogP contribution in [0.3, 0.4) is 0 Å². The molecule has 0 fully saturated rings. The monoisotopic (exact) mass is 232 g/mol. The molecule has 8 heteroatoms. The topological polar surface area (TPSA) is 76.2 Å². The Bertz CT molecular complexity index is 561. The summed E-state index contributed by atoms with van der Waals surface area (Å²) in [7, 11) is 0. The van der Waals surface area contributed by atoms with Crippen molar-refractivity contribution in [1.82, 2.24) is 9.97 Å². The molecule has 16 heavy (non-hydrogen) atoms. The second-order valence-corrected chi connectivity index (χ2v) is 2.87. The van der Waals surface area contributed by atoms with Crippen molar-refractivity contribution in [2.75, 3.05) is 0 Å². The fourth-order valence-corrected chi connectivity index (χ4v) is 1.07. The van der Waals surface area contributed by atoms with Crippen LogP contribution in [-0.4, -0.2) is 21.0 Å². The quantitative estimate of drug-likeness (QED) is 0.812. The lowest BCUT2D eigenvalue weighted by Crippen LogP contribution is -2.04. The molecule has 0 aliphatic rings. The van der Waals surface area contributed by atoms with Gasteiger partial charge in [0.15, 0.2) is 11.2 Å². The Balaban J connectivity index is 2.58. The summed E-state index contributed by atoms with van der Waals surface area (Å²) in [4.78, 5) is 17.2. The van der Waals surface area contributed by atoms with Gasteiger partial charge in [-0.05, 0) is 6.07 Å². The van der Waals surface area contributed by atoms with Crippen LogP contribution in [0.25, 0.3) is 11.2 Å². The average Bonchev–Trinajstić information content (AvgIpc) is 2.58. The van der Waals surface area contributed by atoms with Gasteiger partial charge in [-0.25, -0.2) is 9.78 Å². The molecule has 0 aliphatic heterocycles. The number of fused-ring (bicyclic) bond motifs is 1. The minimum absolute atomic E-state index is 0.176. The Morgan fingerprint density at radius 3 is 2.69 bits per heavy atom. The number of rotatable bonds is 1. The molecule has 0 bridgehead atoms. The zero-order chi connectivity index (χ0) is 11.9. The molecule has 0 unspecified atom stereocenters. The SMILES string of the molecule is O=C(O)c1nc2ncc(C(F)(F)F)cc2o1. The van der Waals surface area contributed by atoms with Crippen molar-refractivity contribution in [2.24, 2.45) is 0 Å². The summed E-state index contributed by atoms with van der Waals surface area (Å²) in [6.07, 6.45) is -3.99. The molecule has 84 valence electrons. The van der Waals surface area contributed by atoms with Crippen molar-refractivity contribution >= 4 is 17.2 Å². The third-order valence-corrected chi connectivity index (χ3v) is 1.76. The van der Waals surface area contributed by atoms with Crippen LogP contribution >= 0.6 is 0 Å². The number of carboxylic acids is 1. The van der Waals surface area contributed by atoms with Gasteiger partial charge in [-0.15, -0.1) is 0 Å². The predicted octanol–water partition coefficient (Wildman–Crippen LogP) is 1.94. The van der Waals surface area contributed by atoms with Crippen LogP contribution < -0.4 is 0 Å². The third-order valence-electron chi connectivity index (χ3n) is 1.76. The highest BCUT2D eigenvalue weighted by atomic mass is 19.4. The first-order valence-electron chi connectivity index (χ1n) is 3.95. The number of aromatic carboxylic acids is 1. The molecule has 0 atom stereocenters. The second kappa shape index (κ2) is 3.19. The summed E-state index contributed by atoms with van der Waals surface area (Å²) in [6, 6.07) is 0.655. The predicted molar refractivity (Wildman–Crippen MR) is 43.8 cm³/mol. The summed E-state index contributed by atoms with van der Waals surface area (Å²) < 4.78 is 41.4. The first kappa shape index (κ1) is 10.4. The van der Waals surface area contributed by atoms with Crippen molar-refractivity contribution in [2.45, 2.75) is 6.18 Å². The van der Waals surface area contributed by atoms with Crippen molar-refractivity contribution < 1.29 is 27.5 Å². The van der Waals surface area contributed by atoms with Crippen LogP contribution in [0.4, 0.5) is 13.2 Å². The van der Waals surface area contributed by atoms with Crippen molar-refractivity contribution in [3.8, 4) is 0 Å². The van der Waals surface area contributed by atoms with Gasteiger partial charge in [0.2, 0.25) is 0 Å². The lowest BCUT2D eigenvalue weighted by Gasteiger charge is -2.03.